The standard InChI is InChI=1S/C29H44N2O5S/c1-5-8-15-28-29(25-23-24(30-37(4,33)34)16-17-27(25)36-28)26(32)14-11-12-21-35-22-13-20-31(18-9-6-2)19-10-7-3/h11-12,14,16-17,21,23,30H,5-10,13,15,18-20,22H2,1-4H3/b14-11+,21-12+. The van der Waals surface area contributed by atoms with Crippen molar-refractivity contribution in [3.8, 4) is 0 Å². The van der Waals surface area contributed by atoms with Gasteiger partial charge >= 0.3 is 0 Å². The molecule has 206 valence electrons. The molecule has 0 bridgehead atoms. The van der Waals surface area contributed by atoms with E-state index < -0.39 is 10.0 Å². The SMILES string of the molecule is CCCCc1oc2ccc(NS(C)(=O)=O)cc2c1C(=O)/C=C/C=C/OCCCN(CCCC)CCCC. The van der Waals surface area contributed by atoms with Crippen molar-refractivity contribution in [3.63, 3.8) is 0 Å². The molecule has 2 aromatic rings. The number of carbonyl (C=O) groups is 1. The zero-order valence-electron chi connectivity index (χ0n) is 22.9. The minimum atomic E-state index is -3.43. The number of nitrogens with zero attached hydrogens (tertiary/aromatic N) is 1. The number of hydrogen-bond acceptors (Lipinski definition) is 6. The summed E-state index contributed by atoms with van der Waals surface area (Å²) in [5.41, 5.74) is 1.44. The Morgan fingerprint density at radius 3 is 2.32 bits per heavy atom. The fourth-order valence-corrected chi connectivity index (χ4v) is 4.63. The van der Waals surface area contributed by atoms with Crippen LogP contribution in [0.3, 0.4) is 0 Å². The third-order valence-electron chi connectivity index (χ3n) is 5.99. The summed E-state index contributed by atoms with van der Waals surface area (Å²) in [5.74, 6) is 0.437. The summed E-state index contributed by atoms with van der Waals surface area (Å²) in [5, 5.41) is 0.602. The van der Waals surface area contributed by atoms with Gasteiger partial charge in [0.2, 0.25) is 10.0 Å². The van der Waals surface area contributed by atoms with E-state index in [1.807, 2.05) is 0 Å². The molecule has 8 heteroatoms. The maximum Gasteiger partial charge on any atom is 0.229 e. The predicted octanol–water partition coefficient (Wildman–Crippen LogP) is 6.71. The van der Waals surface area contributed by atoms with E-state index in [0.29, 0.717) is 41.0 Å². The quantitative estimate of drug-likeness (QED) is 0.0711. The number of ketones is 1. The maximum atomic E-state index is 13.1. The number of unbranched alkanes of at least 4 members (excludes halogenated alkanes) is 3. The van der Waals surface area contributed by atoms with Crippen molar-refractivity contribution < 1.29 is 22.4 Å². The Balaban J connectivity index is 1.99. The van der Waals surface area contributed by atoms with E-state index in [2.05, 4.69) is 30.4 Å². The molecule has 0 unspecified atom stereocenters. The topological polar surface area (TPSA) is 88.8 Å². The van der Waals surface area contributed by atoms with Gasteiger partial charge in [-0.05, 0) is 69.1 Å². The minimum absolute atomic E-state index is 0.187. The first-order chi connectivity index (χ1) is 17.8. The van der Waals surface area contributed by atoms with Gasteiger partial charge in [0.05, 0.1) is 24.7 Å². The number of rotatable bonds is 19. The van der Waals surface area contributed by atoms with Gasteiger partial charge in [-0.25, -0.2) is 8.42 Å². The lowest BCUT2D eigenvalue weighted by Crippen LogP contribution is -2.27. The minimum Gasteiger partial charge on any atom is -0.501 e. The highest BCUT2D eigenvalue weighted by Gasteiger charge is 2.19. The van der Waals surface area contributed by atoms with Crippen molar-refractivity contribution in [2.75, 3.05) is 37.2 Å². The molecular formula is C29H44N2O5S. The van der Waals surface area contributed by atoms with Crippen molar-refractivity contribution >= 4 is 32.5 Å². The van der Waals surface area contributed by atoms with Gasteiger partial charge in [-0.1, -0.05) is 46.1 Å². The third kappa shape index (κ3) is 11.1. The van der Waals surface area contributed by atoms with Gasteiger partial charge in [0.1, 0.15) is 11.3 Å². The van der Waals surface area contributed by atoms with E-state index in [-0.39, 0.29) is 5.78 Å². The van der Waals surface area contributed by atoms with Crippen LogP contribution in [0.1, 0.15) is 81.8 Å². The molecule has 0 spiro atoms. The molecule has 0 saturated heterocycles. The second kappa shape index (κ2) is 16.3. The lowest BCUT2D eigenvalue weighted by Gasteiger charge is -2.21. The Hall–Kier alpha value is -2.58. The van der Waals surface area contributed by atoms with Gasteiger partial charge in [-0.3, -0.25) is 9.52 Å². The summed E-state index contributed by atoms with van der Waals surface area (Å²) in [6.45, 7) is 10.5. The number of sulfonamides is 1. The van der Waals surface area contributed by atoms with E-state index in [0.717, 1.165) is 45.2 Å². The Bertz CT molecular complexity index is 1130. The van der Waals surface area contributed by atoms with Crippen LogP contribution >= 0.6 is 0 Å². The van der Waals surface area contributed by atoms with Gasteiger partial charge in [-0.2, -0.15) is 0 Å². The molecule has 0 fully saturated rings. The van der Waals surface area contributed by atoms with Crippen LogP contribution in [-0.2, 0) is 21.2 Å². The number of carbonyl (C=O) groups excluding carboxylic acids is 1. The van der Waals surface area contributed by atoms with E-state index in [9.17, 15) is 13.2 Å². The normalized spacial score (nSPS) is 12.4. The van der Waals surface area contributed by atoms with E-state index >= 15 is 0 Å². The number of aryl methyl sites for hydroxylation is 1. The molecule has 0 aliphatic rings. The van der Waals surface area contributed by atoms with Crippen LogP contribution in [0, 0.1) is 0 Å². The number of hydrogen-bond donors (Lipinski definition) is 1. The Labute approximate surface area is 223 Å². The molecule has 0 aliphatic carbocycles. The number of nitrogens with one attached hydrogen (secondary N) is 1. The predicted molar refractivity (Wildman–Crippen MR) is 153 cm³/mol. The van der Waals surface area contributed by atoms with Crippen LogP contribution in [0.15, 0.2) is 47.1 Å². The molecule has 1 aromatic carbocycles. The zero-order valence-corrected chi connectivity index (χ0v) is 23.7. The molecule has 0 atom stereocenters. The summed E-state index contributed by atoms with van der Waals surface area (Å²) in [4.78, 5) is 15.6. The summed E-state index contributed by atoms with van der Waals surface area (Å²) in [7, 11) is -3.43. The van der Waals surface area contributed by atoms with E-state index in [1.165, 1.54) is 31.8 Å². The van der Waals surface area contributed by atoms with Crippen molar-refractivity contribution in [2.24, 2.45) is 0 Å². The lowest BCUT2D eigenvalue weighted by atomic mass is 10.0. The number of fused-ring (bicyclic) bond motifs is 1. The van der Waals surface area contributed by atoms with Gasteiger partial charge < -0.3 is 14.1 Å². The van der Waals surface area contributed by atoms with Crippen molar-refractivity contribution in [3.05, 3.63) is 54.0 Å². The summed E-state index contributed by atoms with van der Waals surface area (Å²) >= 11 is 0. The molecule has 0 saturated carbocycles. The van der Waals surface area contributed by atoms with Crippen LogP contribution in [0.5, 0.6) is 0 Å². The Morgan fingerprint density at radius 2 is 1.68 bits per heavy atom. The van der Waals surface area contributed by atoms with Gasteiger partial charge in [0.25, 0.3) is 0 Å². The Kier molecular flexibility index (Phi) is 13.5. The van der Waals surface area contributed by atoms with E-state index in [4.69, 9.17) is 9.15 Å². The summed E-state index contributed by atoms with van der Waals surface area (Å²) in [6, 6.07) is 4.98. The molecular weight excluding hydrogens is 488 g/mol. The number of allylic oxidation sites excluding steroid dienone is 3. The van der Waals surface area contributed by atoms with Crippen molar-refractivity contribution in [2.45, 2.75) is 72.1 Å². The molecule has 1 heterocycles. The molecule has 7 nitrogen and oxygen atoms in total. The lowest BCUT2D eigenvalue weighted by molar-refractivity contribution is 0.104. The number of anilines is 1. The van der Waals surface area contributed by atoms with Gasteiger partial charge in [-0.15, -0.1) is 0 Å². The monoisotopic (exact) mass is 532 g/mol. The second-order valence-electron chi connectivity index (χ2n) is 9.41. The molecule has 2 rings (SSSR count). The van der Waals surface area contributed by atoms with Crippen molar-refractivity contribution in [1.82, 2.24) is 4.90 Å². The van der Waals surface area contributed by atoms with Gasteiger partial charge in [0, 0.05) is 24.0 Å². The smallest absolute Gasteiger partial charge is 0.229 e. The first-order valence-corrected chi connectivity index (χ1v) is 15.4. The highest BCUT2D eigenvalue weighted by Crippen LogP contribution is 2.30. The fourth-order valence-electron chi connectivity index (χ4n) is 4.07. The van der Waals surface area contributed by atoms with Crippen molar-refractivity contribution in [1.29, 1.82) is 0 Å². The fraction of sp³-hybridized carbons (Fsp3) is 0.552. The molecule has 0 amide bonds. The number of ether oxygens (including phenoxy) is 1. The molecule has 37 heavy (non-hydrogen) atoms. The average molecular weight is 533 g/mol. The highest BCUT2D eigenvalue weighted by atomic mass is 32.2. The highest BCUT2D eigenvalue weighted by molar-refractivity contribution is 7.92. The Morgan fingerprint density at radius 1 is 1.00 bits per heavy atom. The number of furan rings is 1. The van der Waals surface area contributed by atoms with Crippen LogP contribution in [0.4, 0.5) is 5.69 Å². The second-order valence-corrected chi connectivity index (χ2v) is 11.2. The van der Waals surface area contributed by atoms with Crippen LogP contribution < -0.4 is 4.72 Å². The molecule has 0 aliphatic heterocycles. The average Bonchev–Trinajstić information content (AvgIpc) is 3.21. The first-order valence-electron chi connectivity index (χ1n) is 13.5. The molecule has 1 aromatic heterocycles. The first kappa shape index (κ1) is 30.6. The summed E-state index contributed by atoms with van der Waals surface area (Å²) < 4.78 is 37.4. The largest absolute Gasteiger partial charge is 0.501 e. The van der Waals surface area contributed by atoms with Crippen LogP contribution in [0.2, 0.25) is 0 Å². The molecule has 0 radical (unpaired) electrons. The molecule has 1 N–H and O–H groups in total. The van der Waals surface area contributed by atoms with E-state index in [1.54, 1.807) is 36.6 Å². The van der Waals surface area contributed by atoms with Gasteiger partial charge in [0.15, 0.2) is 5.78 Å². The third-order valence-corrected chi connectivity index (χ3v) is 6.60. The summed E-state index contributed by atoms with van der Waals surface area (Å²) in [6.07, 6.45) is 15.9. The zero-order chi connectivity index (χ0) is 27.1. The van der Waals surface area contributed by atoms with Crippen LogP contribution in [-0.4, -0.2) is 51.6 Å². The number of benzene rings is 1. The maximum absolute atomic E-state index is 13.1. The van der Waals surface area contributed by atoms with Crippen LogP contribution in [0.25, 0.3) is 11.0 Å².